The average molecular weight is 180 g/mol. The Labute approximate surface area is 76.4 Å². The van der Waals surface area contributed by atoms with E-state index in [1.807, 2.05) is 0 Å². The van der Waals surface area contributed by atoms with Gasteiger partial charge in [-0.25, -0.2) is 9.97 Å². The van der Waals surface area contributed by atoms with Crippen LogP contribution in [0.15, 0.2) is 18.6 Å². The number of carbonyl (C=O) groups excluding carboxylic acids is 1. The summed E-state index contributed by atoms with van der Waals surface area (Å²) in [6.45, 7) is 2.03. The van der Waals surface area contributed by atoms with Crippen molar-refractivity contribution < 1.29 is 4.79 Å². The van der Waals surface area contributed by atoms with E-state index in [2.05, 4.69) is 15.3 Å². The minimum absolute atomic E-state index is 0.182. The Bertz CT molecular complexity index is 273. The van der Waals surface area contributed by atoms with Gasteiger partial charge < -0.3 is 11.1 Å². The van der Waals surface area contributed by atoms with Crippen molar-refractivity contribution in [1.82, 2.24) is 15.3 Å². The molecular formula is C8H12N4O. The van der Waals surface area contributed by atoms with Crippen LogP contribution in [0.2, 0.25) is 0 Å². The molecule has 0 saturated heterocycles. The summed E-state index contributed by atoms with van der Waals surface area (Å²) in [5.41, 5.74) is 6.12. The second kappa shape index (κ2) is 4.51. The molecule has 1 amide bonds. The number of rotatable bonds is 3. The van der Waals surface area contributed by atoms with Crippen LogP contribution < -0.4 is 11.1 Å². The van der Waals surface area contributed by atoms with E-state index in [1.54, 1.807) is 19.2 Å². The maximum atomic E-state index is 11.0. The molecule has 0 unspecified atom stereocenters. The van der Waals surface area contributed by atoms with Gasteiger partial charge in [0.15, 0.2) is 0 Å². The summed E-state index contributed by atoms with van der Waals surface area (Å²) >= 11 is 0. The SMILES string of the molecule is C[C@H](N)C(=O)NCc1ccncn1. The number of aromatic nitrogens is 2. The van der Waals surface area contributed by atoms with Gasteiger partial charge in [0.05, 0.1) is 18.3 Å². The summed E-state index contributed by atoms with van der Waals surface area (Å²) in [5, 5.41) is 2.64. The van der Waals surface area contributed by atoms with Crippen molar-refractivity contribution in [3.05, 3.63) is 24.3 Å². The van der Waals surface area contributed by atoms with E-state index >= 15 is 0 Å². The molecule has 0 bridgehead atoms. The highest BCUT2D eigenvalue weighted by atomic mass is 16.2. The lowest BCUT2D eigenvalue weighted by molar-refractivity contribution is -0.122. The molecule has 13 heavy (non-hydrogen) atoms. The predicted molar refractivity (Wildman–Crippen MR) is 47.5 cm³/mol. The molecular weight excluding hydrogens is 168 g/mol. The van der Waals surface area contributed by atoms with Crippen LogP contribution >= 0.6 is 0 Å². The molecule has 1 heterocycles. The van der Waals surface area contributed by atoms with Gasteiger partial charge >= 0.3 is 0 Å². The molecule has 5 nitrogen and oxygen atoms in total. The Morgan fingerprint density at radius 3 is 3.08 bits per heavy atom. The van der Waals surface area contributed by atoms with Crippen molar-refractivity contribution in [3.8, 4) is 0 Å². The standard InChI is InChI=1S/C8H12N4O/c1-6(9)8(13)11-4-7-2-3-10-5-12-7/h2-3,5-6H,4,9H2,1H3,(H,11,13)/t6-/m0/s1. The van der Waals surface area contributed by atoms with Crippen LogP contribution in [0.4, 0.5) is 0 Å². The summed E-state index contributed by atoms with van der Waals surface area (Å²) in [7, 11) is 0. The van der Waals surface area contributed by atoms with Crippen LogP contribution in [0.1, 0.15) is 12.6 Å². The Morgan fingerprint density at radius 2 is 2.54 bits per heavy atom. The average Bonchev–Trinajstić information content (AvgIpc) is 2.15. The first-order chi connectivity index (χ1) is 6.20. The van der Waals surface area contributed by atoms with Gasteiger partial charge in [-0.2, -0.15) is 0 Å². The molecule has 0 saturated carbocycles. The Kier molecular flexibility index (Phi) is 3.33. The first-order valence-corrected chi connectivity index (χ1v) is 3.98. The van der Waals surface area contributed by atoms with Gasteiger partial charge in [-0.05, 0) is 13.0 Å². The number of amides is 1. The molecule has 0 aliphatic heterocycles. The van der Waals surface area contributed by atoms with Gasteiger partial charge in [-0.1, -0.05) is 0 Å². The molecule has 0 spiro atoms. The van der Waals surface area contributed by atoms with Gasteiger partial charge in [0, 0.05) is 6.20 Å². The molecule has 0 aromatic carbocycles. The van der Waals surface area contributed by atoms with Crippen LogP contribution in [0, 0.1) is 0 Å². The number of nitrogens with one attached hydrogen (secondary N) is 1. The van der Waals surface area contributed by atoms with E-state index in [9.17, 15) is 4.79 Å². The second-order valence-corrected chi connectivity index (χ2v) is 2.71. The number of nitrogens with zero attached hydrogens (tertiary/aromatic N) is 2. The third-order valence-electron chi connectivity index (χ3n) is 1.50. The number of hydrogen-bond donors (Lipinski definition) is 2. The molecule has 0 aliphatic carbocycles. The lowest BCUT2D eigenvalue weighted by atomic mass is 10.3. The van der Waals surface area contributed by atoms with E-state index in [0.717, 1.165) is 5.69 Å². The third kappa shape index (κ3) is 3.16. The minimum atomic E-state index is -0.484. The molecule has 1 aromatic heterocycles. The maximum Gasteiger partial charge on any atom is 0.236 e. The number of carbonyl (C=O) groups is 1. The third-order valence-corrected chi connectivity index (χ3v) is 1.50. The summed E-state index contributed by atoms with van der Waals surface area (Å²) in [5.74, 6) is -0.182. The molecule has 3 N–H and O–H groups in total. The Balaban J connectivity index is 2.40. The van der Waals surface area contributed by atoms with Crippen LogP contribution in [0.3, 0.4) is 0 Å². The topological polar surface area (TPSA) is 80.9 Å². The molecule has 1 aromatic rings. The van der Waals surface area contributed by atoms with E-state index in [0.29, 0.717) is 6.54 Å². The molecule has 0 aliphatic rings. The Hall–Kier alpha value is -1.49. The Morgan fingerprint density at radius 1 is 1.77 bits per heavy atom. The van der Waals surface area contributed by atoms with Crippen molar-refractivity contribution in [3.63, 3.8) is 0 Å². The molecule has 1 atom stereocenters. The first-order valence-electron chi connectivity index (χ1n) is 3.98. The van der Waals surface area contributed by atoms with Crippen LogP contribution in [-0.2, 0) is 11.3 Å². The molecule has 0 fully saturated rings. The zero-order valence-electron chi connectivity index (χ0n) is 7.40. The number of nitrogens with two attached hydrogens (primary N) is 1. The summed E-state index contributed by atoms with van der Waals surface area (Å²) in [6.07, 6.45) is 3.06. The maximum absolute atomic E-state index is 11.0. The summed E-state index contributed by atoms with van der Waals surface area (Å²) < 4.78 is 0. The highest BCUT2D eigenvalue weighted by molar-refractivity contribution is 5.80. The molecule has 5 heteroatoms. The van der Waals surface area contributed by atoms with Gasteiger partial charge in [0.25, 0.3) is 0 Å². The van der Waals surface area contributed by atoms with Crippen LogP contribution in [0.5, 0.6) is 0 Å². The highest BCUT2D eigenvalue weighted by Gasteiger charge is 2.05. The lowest BCUT2D eigenvalue weighted by Crippen LogP contribution is -2.37. The van der Waals surface area contributed by atoms with Crippen molar-refractivity contribution in [2.45, 2.75) is 19.5 Å². The molecule has 70 valence electrons. The van der Waals surface area contributed by atoms with Gasteiger partial charge in [-0.3, -0.25) is 4.79 Å². The zero-order valence-corrected chi connectivity index (χ0v) is 7.40. The normalized spacial score (nSPS) is 12.2. The van der Waals surface area contributed by atoms with Crippen molar-refractivity contribution in [2.24, 2.45) is 5.73 Å². The summed E-state index contributed by atoms with van der Waals surface area (Å²) in [4.78, 5) is 18.7. The monoisotopic (exact) mass is 180 g/mol. The number of hydrogen-bond acceptors (Lipinski definition) is 4. The van der Waals surface area contributed by atoms with E-state index in [-0.39, 0.29) is 5.91 Å². The summed E-state index contributed by atoms with van der Waals surface area (Å²) in [6, 6.07) is 1.25. The molecule has 0 radical (unpaired) electrons. The predicted octanol–water partition coefficient (Wildman–Crippen LogP) is -0.560. The van der Waals surface area contributed by atoms with Gasteiger partial charge in [0.1, 0.15) is 6.33 Å². The largest absolute Gasteiger partial charge is 0.349 e. The van der Waals surface area contributed by atoms with Crippen molar-refractivity contribution >= 4 is 5.91 Å². The second-order valence-electron chi connectivity index (χ2n) is 2.71. The van der Waals surface area contributed by atoms with Gasteiger partial charge in [-0.15, -0.1) is 0 Å². The lowest BCUT2D eigenvalue weighted by Gasteiger charge is -2.06. The van der Waals surface area contributed by atoms with Crippen LogP contribution in [0.25, 0.3) is 0 Å². The van der Waals surface area contributed by atoms with Gasteiger partial charge in [0.2, 0.25) is 5.91 Å². The fourth-order valence-corrected chi connectivity index (χ4v) is 0.761. The van der Waals surface area contributed by atoms with Crippen molar-refractivity contribution in [1.29, 1.82) is 0 Å². The minimum Gasteiger partial charge on any atom is -0.349 e. The fraction of sp³-hybridized carbons (Fsp3) is 0.375. The van der Waals surface area contributed by atoms with Crippen LogP contribution in [-0.4, -0.2) is 21.9 Å². The molecule has 1 rings (SSSR count). The fourth-order valence-electron chi connectivity index (χ4n) is 0.761. The zero-order chi connectivity index (χ0) is 9.68. The van der Waals surface area contributed by atoms with E-state index in [1.165, 1.54) is 6.33 Å². The smallest absolute Gasteiger partial charge is 0.236 e. The van der Waals surface area contributed by atoms with Crippen molar-refractivity contribution in [2.75, 3.05) is 0 Å². The van der Waals surface area contributed by atoms with E-state index in [4.69, 9.17) is 5.73 Å². The first kappa shape index (κ1) is 9.60. The van der Waals surface area contributed by atoms with E-state index < -0.39 is 6.04 Å². The quantitative estimate of drug-likeness (QED) is 0.653. The highest BCUT2D eigenvalue weighted by Crippen LogP contribution is 1.89.